The summed E-state index contributed by atoms with van der Waals surface area (Å²) < 4.78 is 5.53. The van der Waals surface area contributed by atoms with E-state index < -0.39 is 0 Å². The first-order chi connectivity index (χ1) is 9.08. The molecule has 0 saturated heterocycles. The molecule has 0 aromatic rings. The summed E-state index contributed by atoms with van der Waals surface area (Å²) >= 11 is 6.06. The molecular formula is C13H21ClN4O. The Balaban J connectivity index is 2.97. The third-order valence-corrected chi connectivity index (χ3v) is 3.09. The molecule has 0 unspecified atom stereocenters. The average molecular weight is 285 g/mol. The third kappa shape index (κ3) is 4.95. The van der Waals surface area contributed by atoms with Gasteiger partial charge in [-0.05, 0) is 6.92 Å². The minimum Gasteiger partial charge on any atom is -0.492 e. The van der Waals surface area contributed by atoms with Crippen LogP contribution in [0.1, 0.15) is 20.3 Å². The number of hydrazone groups is 1. The third-order valence-electron chi connectivity index (χ3n) is 2.73. The van der Waals surface area contributed by atoms with Crippen molar-refractivity contribution in [1.29, 1.82) is 0 Å². The number of nitrogens with zero attached hydrogens (tertiary/aromatic N) is 4. The summed E-state index contributed by atoms with van der Waals surface area (Å²) in [6, 6.07) is 0. The van der Waals surface area contributed by atoms with Gasteiger partial charge >= 0.3 is 0 Å². The number of halogens is 1. The zero-order valence-electron chi connectivity index (χ0n) is 11.8. The van der Waals surface area contributed by atoms with E-state index in [4.69, 9.17) is 16.3 Å². The first kappa shape index (κ1) is 15.6. The number of rotatable bonds is 2. The summed E-state index contributed by atoms with van der Waals surface area (Å²) in [5.74, 6) is 1.51. The van der Waals surface area contributed by atoms with Crippen LogP contribution in [0.25, 0.3) is 0 Å². The highest BCUT2D eigenvalue weighted by atomic mass is 35.5. The van der Waals surface area contributed by atoms with E-state index in [1.165, 1.54) is 11.3 Å². The maximum Gasteiger partial charge on any atom is 0.138 e. The van der Waals surface area contributed by atoms with Crippen LogP contribution in [0.15, 0.2) is 33.7 Å². The summed E-state index contributed by atoms with van der Waals surface area (Å²) in [6.45, 7) is 10.2. The van der Waals surface area contributed by atoms with Gasteiger partial charge in [-0.25, -0.2) is 4.99 Å². The maximum atomic E-state index is 6.06. The number of aliphatic imine (C=N–C) groups is 1. The monoisotopic (exact) mass is 284 g/mol. The van der Waals surface area contributed by atoms with E-state index in [0.29, 0.717) is 17.5 Å². The molecule has 5 nitrogen and oxygen atoms in total. The second-order valence-electron chi connectivity index (χ2n) is 4.01. The summed E-state index contributed by atoms with van der Waals surface area (Å²) in [4.78, 5) is 6.54. The molecule has 0 N–H and O–H groups in total. The van der Waals surface area contributed by atoms with Crippen LogP contribution < -0.4 is 0 Å². The Morgan fingerprint density at radius 2 is 2.21 bits per heavy atom. The van der Waals surface area contributed by atoms with E-state index in [0.717, 1.165) is 25.3 Å². The van der Waals surface area contributed by atoms with Crippen LogP contribution in [0.5, 0.6) is 0 Å². The van der Waals surface area contributed by atoms with Crippen molar-refractivity contribution in [2.45, 2.75) is 20.3 Å². The fraction of sp³-hybridized carbons (Fsp3) is 0.538. The van der Waals surface area contributed by atoms with E-state index in [9.17, 15) is 0 Å². The van der Waals surface area contributed by atoms with Crippen LogP contribution in [0.2, 0.25) is 0 Å². The zero-order valence-corrected chi connectivity index (χ0v) is 12.5. The van der Waals surface area contributed by atoms with Gasteiger partial charge in [0.25, 0.3) is 0 Å². The van der Waals surface area contributed by atoms with Crippen molar-refractivity contribution in [3.63, 3.8) is 0 Å². The summed E-state index contributed by atoms with van der Waals surface area (Å²) in [5, 5.41) is 6.09. The molecule has 0 bridgehead atoms. The predicted octanol–water partition coefficient (Wildman–Crippen LogP) is 2.62. The minimum atomic E-state index is 0.433. The molecule has 106 valence electrons. The summed E-state index contributed by atoms with van der Waals surface area (Å²) in [7, 11) is 1.74. The Bertz CT molecular complexity index is 403. The molecule has 0 saturated carbocycles. The predicted molar refractivity (Wildman–Crippen MR) is 80.3 cm³/mol. The highest BCUT2D eigenvalue weighted by Crippen LogP contribution is 2.12. The average Bonchev–Trinajstić information content (AvgIpc) is 2.39. The van der Waals surface area contributed by atoms with Crippen LogP contribution in [0.4, 0.5) is 0 Å². The van der Waals surface area contributed by atoms with Gasteiger partial charge in [-0.1, -0.05) is 25.1 Å². The van der Waals surface area contributed by atoms with Gasteiger partial charge in [0.1, 0.15) is 29.7 Å². The standard InChI is InChI=1S/C13H21ClN4O/c1-5-13-15-10-16-17(4)12(14)9-11(3)19-8-7-18(13)6-2/h9-10H,3,5-8H2,1-2,4H3/b12-9-,15-13?,16-10-. The number of amidine groups is 1. The van der Waals surface area contributed by atoms with Gasteiger partial charge in [-0.3, -0.25) is 5.01 Å². The van der Waals surface area contributed by atoms with Crippen LogP contribution in [-0.4, -0.2) is 48.8 Å². The van der Waals surface area contributed by atoms with Gasteiger partial charge in [0, 0.05) is 26.1 Å². The van der Waals surface area contributed by atoms with Gasteiger partial charge in [0.05, 0.1) is 6.54 Å². The van der Waals surface area contributed by atoms with Gasteiger partial charge in [0.2, 0.25) is 0 Å². The van der Waals surface area contributed by atoms with Crippen LogP contribution >= 0.6 is 11.6 Å². The lowest BCUT2D eigenvalue weighted by Gasteiger charge is -2.24. The Morgan fingerprint density at radius 1 is 1.47 bits per heavy atom. The van der Waals surface area contributed by atoms with Crippen molar-refractivity contribution in [1.82, 2.24) is 9.91 Å². The smallest absolute Gasteiger partial charge is 0.138 e. The molecule has 0 aliphatic carbocycles. The number of allylic oxidation sites excluding steroid dienone is 1. The first-order valence-corrected chi connectivity index (χ1v) is 6.73. The Labute approximate surface area is 119 Å². The summed E-state index contributed by atoms with van der Waals surface area (Å²) in [5.41, 5.74) is 0. The first-order valence-electron chi connectivity index (χ1n) is 6.35. The Kier molecular flexibility index (Phi) is 6.42. The van der Waals surface area contributed by atoms with Crippen LogP contribution in [0, 0.1) is 0 Å². The number of hydrogen-bond acceptors (Lipinski definition) is 5. The summed E-state index contributed by atoms with van der Waals surface area (Å²) in [6.07, 6.45) is 4.00. The van der Waals surface area contributed by atoms with Gasteiger partial charge in [-0.15, -0.1) is 0 Å². The molecule has 0 atom stereocenters. The van der Waals surface area contributed by atoms with Crippen molar-refractivity contribution in [3.05, 3.63) is 23.6 Å². The lowest BCUT2D eigenvalue weighted by atomic mass is 10.3. The Hall–Kier alpha value is -1.49. The largest absolute Gasteiger partial charge is 0.492 e. The number of ether oxygens (including phenoxy) is 1. The molecule has 0 aromatic heterocycles. The van der Waals surface area contributed by atoms with Gasteiger partial charge < -0.3 is 9.64 Å². The lowest BCUT2D eigenvalue weighted by molar-refractivity contribution is 0.199. The van der Waals surface area contributed by atoms with Crippen molar-refractivity contribution >= 4 is 23.8 Å². The van der Waals surface area contributed by atoms with Crippen LogP contribution in [0.3, 0.4) is 0 Å². The molecule has 1 rings (SSSR count). The zero-order chi connectivity index (χ0) is 14.3. The molecule has 0 radical (unpaired) electrons. The van der Waals surface area contributed by atoms with Gasteiger partial charge in [-0.2, -0.15) is 5.10 Å². The van der Waals surface area contributed by atoms with E-state index in [1.54, 1.807) is 13.1 Å². The molecule has 0 spiro atoms. The lowest BCUT2D eigenvalue weighted by Crippen LogP contribution is -2.33. The van der Waals surface area contributed by atoms with E-state index >= 15 is 0 Å². The molecule has 0 fully saturated rings. The maximum absolute atomic E-state index is 6.06. The van der Waals surface area contributed by atoms with E-state index in [1.807, 2.05) is 0 Å². The van der Waals surface area contributed by atoms with Crippen molar-refractivity contribution in [3.8, 4) is 0 Å². The SMILES string of the molecule is C=C1/C=C(/Cl)N(C)/N=C\N=C(CC)N(CC)CCO1. The molecule has 1 aliphatic heterocycles. The number of hydrogen-bond donors (Lipinski definition) is 0. The van der Waals surface area contributed by atoms with Crippen molar-refractivity contribution in [2.75, 3.05) is 26.7 Å². The molecule has 0 aromatic carbocycles. The molecule has 1 aliphatic rings. The fourth-order valence-corrected chi connectivity index (χ4v) is 1.81. The fourth-order valence-electron chi connectivity index (χ4n) is 1.65. The molecule has 0 amide bonds. The quantitative estimate of drug-likeness (QED) is 0.732. The van der Waals surface area contributed by atoms with Crippen molar-refractivity contribution < 1.29 is 4.74 Å². The topological polar surface area (TPSA) is 40.4 Å². The van der Waals surface area contributed by atoms with E-state index in [2.05, 4.69) is 35.4 Å². The Morgan fingerprint density at radius 3 is 2.84 bits per heavy atom. The molecule has 1 heterocycles. The second-order valence-corrected chi connectivity index (χ2v) is 4.40. The van der Waals surface area contributed by atoms with Gasteiger partial charge in [0.15, 0.2) is 0 Å². The van der Waals surface area contributed by atoms with E-state index in [-0.39, 0.29) is 0 Å². The number of likely N-dealkylation sites (N-methyl/N-ethyl adjacent to an activating group) is 1. The molecular weight excluding hydrogens is 264 g/mol. The highest BCUT2D eigenvalue weighted by molar-refractivity contribution is 6.29. The second kappa shape index (κ2) is 7.84. The highest BCUT2D eigenvalue weighted by Gasteiger charge is 2.08. The normalized spacial score (nSPS) is 22.6. The molecule has 6 heteroatoms. The van der Waals surface area contributed by atoms with Crippen molar-refractivity contribution in [2.24, 2.45) is 10.1 Å². The minimum absolute atomic E-state index is 0.433. The molecule has 19 heavy (non-hydrogen) atoms. The van der Waals surface area contributed by atoms with Crippen LogP contribution in [-0.2, 0) is 4.74 Å².